The largest absolute Gasteiger partial charge is 0.300 e. The van der Waals surface area contributed by atoms with Gasteiger partial charge in [0, 0.05) is 12.5 Å². The van der Waals surface area contributed by atoms with Gasteiger partial charge in [0.15, 0.2) is 11.6 Å². The minimum Gasteiger partial charge on any atom is -0.300 e. The molecule has 0 unspecified atom stereocenters. The predicted octanol–water partition coefficient (Wildman–Crippen LogP) is 2.77. The number of halogens is 2. The van der Waals surface area contributed by atoms with Gasteiger partial charge in [-0.1, -0.05) is 6.07 Å². The Bertz CT molecular complexity index is 439. The zero-order valence-electron chi connectivity index (χ0n) is 10.5. The lowest BCUT2D eigenvalue weighted by molar-refractivity contribution is -0.122. The number of carbonyl (C=O) groups is 1. The molecule has 98 valence electrons. The van der Waals surface area contributed by atoms with Gasteiger partial charge in [0.05, 0.1) is 0 Å². The first-order valence-electron chi connectivity index (χ1n) is 6.23. The number of hydrogen-bond acceptors (Lipinski definition) is 2. The fourth-order valence-electron chi connectivity index (χ4n) is 2.39. The summed E-state index contributed by atoms with van der Waals surface area (Å²) in [6.07, 6.45) is 1.72. The minimum absolute atomic E-state index is 0.172. The third-order valence-electron chi connectivity index (χ3n) is 3.55. The molecular weight excluding hydrogens is 236 g/mol. The SMILES string of the molecule is CC(=O)C1CCN(Cc2ccc(F)c(F)c2)CC1. The predicted molar refractivity (Wildman–Crippen MR) is 65.0 cm³/mol. The molecular formula is C14H17F2NO. The Morgan fingerprint density at radius 2 is 1.94 bits per heavy atom. The lowest BCUT2D eigenvalue weighted by atomic mass is 9.93. The highest BCUT2D eigenvalue weighted by atomic mass is 19.2. The third kappa shape index (κ3) is 3.13. The Balaban J connectivity index is 1.91. The van der Waals surface area contributed by atoms with Crippen LogP contribution in [0.1, 0.15) is 25.3 Å². The molecule has 0 bridgehead atoms. The molecule has 0 atom stereocenters. The van der Waals surface area contributed by atoms with Crippen LogP contribution in [0.15, 0.2) is 18.2 Å². The summed E-state index contributed by atoms with van der Waals surface area (Å²) >= 11 is 0. The maximum absolute atomic E-state index is 13.1. The van der Waals surface area contributed by atoms with Crippen LogP contribution in [-0.2, 0) is 11.3 Å². The lowest BCUT2D eigenvalue weighted by Gasteiger charge is -2.30. The van der Waals surface area contributed by atoms with Crippen molar-refractivity contribution in [1.82, 2.24) is 4.90 Å². The molecule has 1 aliphatic heterocycles. The summed E-state index contributed by atoms with van der Waals surface area (Å²) in [5.41, 5.74) is 0.773. The number of piperidine rings is 1. The van der Waals surface area contributed by atoms with Crippen LogP contribution in [0.5, 0.6) is 0 Å². The van der Waals surface area contributed by atoms with E-state index in [1.54, 1.807) is 13.0 Å². The molecule has 1 saturated heterocycles. The number of Topliss-reactive ketones (excluding diaryl/α,β-unsaturated/α-hetero) is 1. The van der Waals surface area contributed by atoms with Gasteiger partial charge in [-0.25, -0.2) is 8.78 Å². The van der Waals surface area contributed by atoms with Gasteiger partial charge < -0.3 is 0 Å². The molecule has 1 aliphatic rings. The topological polar surface area (TPSA) is 20.3 Å². The van der Waals surface area contributed by atoms with Crippen LogP contribution in [0.4, 0.5) is 8.78 Å². The first kappa shape index (κ1) is 13.1. The van der Waals surface area contributed by atoms with E-state index in [1.807, 2.05) is 0 Å². The molecule has 4 heteroatoms. The molecule has 0 saturated carbocycles. The van der Waals surface area contributed by atoms with Crippen molar-refractivity contribution in [3.05, 3.63) is 35.4 Å². The standard InChI is InChI=1S/C14H17F2NO/c1-10(18)12-4-6-17(7-5-12)9-11-2-3-13(15)14(16)8-11/h2-3,8,12H,4-7,9H2,1H3. The smallest absolute Gasteiger partial charge is 0.159 e. The second kappa shape index (κ2) is 5.57. The summed E-state index contributed by atoms with van der Waals surface area (Å²) < 4.78 is 25.9. The summed E-state index contributed by atoms with van der Waals surface area (Å²) in [7, 11) is 0. The molecule has 1 aromatic carbocycles. The summed E-state index contributed by atoms with van der Waals surface area (Å²) in [6.45, 7) is 3.92. The molecule has 1 aromatic rings. The van der Waals surface area contributed by atoms with Crippen LogP contribution in [0.25, 0.3) is 0 Å². The van der Waals surface area contributed by atoms with E-state index in [0.717, 1.165) is 37.6 Å². The van der Waals surface area contributed by atoms with Crippen molar-refractivity contribution < 1.29 is 13.6 Å². The molecule has 1 heterocycles. The van der Waals surface area contributed by atoms with Crippen molar-refractivity contribution in [2.75, 3.05) is 13.1 Å². The lowest BCUT2D eigenvalue weighted by Crippen LogP contribution is -2.35. The molecule has 0 amide bonds. The normalized spacial score (nSPS) is 17.9. The Kier molecular flexibility index (Phi) is 4.07. The first-order chi connectivity index (χ1) is 8.56. The molecule has 18 heavy (non-hydrogen) atoms. The van der Waals surface area contributed by atoms with Crippen molar-refractivity contribution in [3.8, 4) is 0 Å². The van der Waals surface area contributed by atoms with Crippen LogP contribution in [-0.4, -0.2) is 23.8 Å². The average molecular weight is 253 g/mol. The van der Waals surface area contributed by atoms with Crippen LogP contribution >= 0.6 is 0 Å². The number of hydrogen-bond donors (Lipinski definition) is 0. The molecule has 0 aromatic heterocycles. The number of rotatable bonds is 3. The molecule has 0 aliphatic carbocycles. The van der Waals surface area contributed by atoms with E-state index >= 15 is 0 Å². The van der Waals surface area contributed by atoms with Crippen LogP contribution in [0.3, 0.4) is 0 Å². The Labute approximate surface area is 106 Å². The number of carbonyl (C=O) groups excluding carboxylic acids is 1. The third-order valence-corrected chi connectivity index (χ3v) is 3.55. The minimum atomic E-state index is -0.811. The van der Waals surface area contributed by atoms with Gasteiger partial charge in [0.25, 0.3) is 0 Å². The van der Waals surface area contributed by atoms with E-state index in [-0.39, 0.29) is 11.7 Å². The van der Waals surface area contributed by atoms with E-state index in [2.05, 4.69) is 4.90 Å². The Morgan fingerprint density at radius 1 is 1.28 bits per heavy atom. The second-order valence-corrected chi connectivity index (χ2v) is 4.91. The van der Waals surface area contributed by atoms with Crippen LogP contribution < -0.4 is 0 Å². The highest BCUT2D eigenvalue weighted by molar-refractivity contribution is 5.78. The highest BCUT2D eigenvalue weighted by Crippen LogP contribution is 2.20. The average Bonchev–Trinajstić information content (AvgIpc) is 2.34. The molecule has 1 fully saturated rings. The van der Waals surface area contributed by atoms with Gasteiger partial charge in [0.2, 0.25) is 0 Å². The molecule has 0 spiro atoms. The monoisotopic (exact) mass is 253 g/mol. The van der Waals surface area contributed by atoms with Crippen molar-refractivity contribution in [3.63, 3.8) is 0 Å². The second-order valence-electron chi connectivity index (χ2n) is 4.91. The summed E-state index contributed by atoms with van der Waals surface area (Å²) in [5, 5.41) is 0. The van der Waals surface area contributed by atoms with Gasteiger partial charge in [-0.3, -0.25) is 9.69 Å². The summed E-state index contributed by atoms with van der Waals surface area (Å²) in [5.74, 6) is -1.19. The van der Waals surface area contributed by atoms with Crippen LogP contribution in [0.2, 0.25) is 0 Å². The summed E-state index contributed by atoms with van der Waals surface area (Å²) in [6, 6.07) is 4.01. The molecule has 2 nitrogen and oxygen atoms in total. The fourth-order valence-corrected chi connectivity index (χ4v) is 2.39. The Morgan fingerprint density at radius 3 is 2.50 bits per heavy atom. The quantitative estimate of drug-likeness (QED) is 0.825. The van der Waals surface area contributed by atoms with E-state index in [9.17, 15) is 13.6 Å². The zero-order valence-corrected chi connectivity index (χ0v) is 10.5. The van der Waals surface area contributed by atoms with E-state index < -0.39 is 11.6 Å². The Hall–Kier alpha value is -1.29. The van der Waals surface area contributed by atoms with Gasteiger partial charge in [0.1, 0.15) is 5.78 Å². The zero-order chi connectivity index (χ0) is 13.1. The van der Waals surface area contributed by atoms with Gasteiger partial charge in [-0.15, -0.1) is 0 Å². The van der Waals surface area contributed by atoms with Crippen molar-refractivity contribution in [2.24, 2.45) is 5.92 Å². The van der Waals surface area contributed by atoms with Gasteiger partial charge in [-0.2, -0.15) is 0 Å². The van der Waals surface area contributed by atoms with E-state index in [1.165, 1.54) is 6.07 Å². The molecule has 2 rings (SSSR count). The maximum atomic E-state index is 13.1. The van der Waals surface area contributed by atoms with Crippen molar-refractivity contribution in [2.45, 2.75) is 26.3 Å². The van der Waals surface area contributed by atoms with E-state index in [0.29, 0.717) is 6.54 Å². The number of ketones is 1. The maximum Gasteiger partial charge on any atom is 0.159 e. The van der Waals surface area contributed by atoms with Crippen molar-refractivity contribution in [1.29, 1.82) is 0 Å². The van der Waals surface area contributed by atoms with Gasteiger partial charge >= 0.3 is 0 Å². The molecule has 0 N–H and O–H groups in total. The number of benzene rings is 1. The molecule has 0 radical (unpaired) electrons. The highest BCUT2D eigenvalue weighted by Gasteiger charge is 2.22. The first-order valence-corrected chi connectivity index (χ1v) is 6.23. The summed E-state index contributed by atoms with van der Waals surface area (Å²) in [4.78, 5) is 13.4. The van der Waals surface area contributed by atoms with Crippen LogP contribution in [0, 0.1) is 17.6 Å². The number of nitrogens with zero attached hydrogens (tertiary/aromatic N) is 1. The van der Waals surface area contributed by atoms with Gasteiger partial charge in [-0.05, 0) is 50.6 Å². The number of likely N-dealkylation sites (tertiary alicyclic amines) is 1. The van der Waals surface area contributed by atoms with E-state index in [4.69, 9.17) is 0 Å². The fraction of sp³-hybridized carbons (Fsp3) is 0.500. The van der Waals surface area contributed by atoms with Crippen molar-refractivity contribution >= 4 is 5.78 Å².